The van der Waals surface area contributed by atoms with E-state index in [0.29, 0.717) is 0 Å². The first-order valence-corrected chi connectivity index (χ1v) is 14.5. The summed E-state index contributed by atoms with van der Waals surface area (Å²) in [7, 11) is 0. The van der Waals surface area contributed by atoms with E-state index in [4.69, 9.17) is 0 Å². The van der Waals surface area contributed by atoms with Gasteiger partial charge in [-0.15, -0.1) is 0 Å². The molecule has 0 fully saturated rings. The number of benzene rings is 6. The summed E-state index contributed by atoms with van der Waals surface area (Å²) in [5.41, 5.74) is 10.2. The molecule has 0 bridgehead atoms. The molecule has 8 aromatic rings. The molecule has 0 amide bonds. The van der Waals surface area contributed by atoms with E-state index in [9.17, 15) is 0 Å². The molecule has 2 heteroatoms. The van der Waals surface area contributed by atoms with Gasteiger partial charge in [0.25, 0.3) is 0 Å². The fraction of sp³-hybridized carbons (Fsp3) is 0.0769. The molecule has 0 saturated heterocycles. The van der Waals surface area contributed by atoms with Crippen LogP contribution in [0, 0.1) is 0 Å². The van der Waals surface area contributed by atoms with Gasteiger partial charge in [-0.25, -0.2) is 0 Å². The van der Waals surface area contributed by atoms with E-state index < -0.39 is 0 Å². The number of rotatable bonds is 6. The molecule has 0 spiro atoms. The third-order valence-corrected chi connectivity index (χ3v) is 8.48. The lowest BCUT2D eigenvalue weighted by Crippen LogP contribution is -1.96. The second kappa shape index (κ2) is 9.83. The summed E-state index contributed by atoms with van der Waals surface area (Å²) in [6.07, 6.45) is 3.27. The van der Waals surface area contributed by atoms with Crippen molar-refractivity contribution >= 4 is 43.6 Å². The number of para-hydroxylation sites is 4. The summed E-state index contributed by atoms with van der Waals surface area (Å²) in [4.78, 5) is 0. The molecular formula is C39H30N2. The number of hydrogen-bond donors (Lipinski definition) is 0. The van der Waals surface area contributed by atoms with E-state index in [1.807, 2.05) is 0 Å². The third kappa shape index (κ3) is 4.03. The van der Waals surface area contributed by atoms with E-state index >= 15 is 0 Å². The van der Waals surface area contributed by atoms with Crippen LogP contribution >= 0.6 is 0 Å². The van der Waals surface area contributed by atoms with E-state index in [1.54, 1.807) is 0 Å². The summed E-state index contributed by atoms with van der Waals surface area (Å²) in [6, 6.07) is 53.0. The highest BCUT2D eigenvalue weighted by Gasteiger charge is 2.12. The largest absolute Gasteiger partial charge is 0.309 e. The Labute approximate surface area is 239 Å². The highest BCUT2D eigenvalue weighted by atomic mass is 15.0. The van der Waals surface area contributed by atoms with Gasteiger partial charge in [0.05, 0.1) is 22.1 Å². The van der Waals surface area contributed by atoms with Crippen LogP contribution in [0.15, 0.2) is 146 Å². The molecule has 2 heterocycles. The zero-order valence-corrected chi connectivity index (χ0v) is 22.9. The molecule has 0 aliphatic heterocycles. The molecule has 41 heavy (non-hydrogen) atoms. The molecule has 6 aromatic carbocycles. The van der Waals surface area contributed by atoms with Crippen LogP contribution in [0.25, 0.3) is 55.0 Å². The van der Waals surface area contributed by atoms with Crippen LogP contribution in [0.4, 0.5) is 0 Å². The van der Waals surface area contributed by atoms with Crippen molar-refractivity contribution in [1.82, 2.24) is 9.13 Å². The normalized spacial score (nSPS) is 11.7. The minimum atomic E-state index is 1.07. The van der Waals surface area contributed by atoms with Crippen molar-refractivity contribution in [3.8, 4) is 11.4 Å². The summed E-state index contributed by atoms with van der Waals surface area (Å²) in [6.45, 7) is 0. The quantitative estimate of drug-likeness (QED) is 0.204. The summed E-state index contributed by atoms with van der Waals surface area (Å²) in [5.74, 6) is 0. The lowest BCUT2D eigenvalue weighted by Gasteiger charge is -2.10. The van der Waals surface area contributed by atoms with E-state index in [0.717, 1.165) is 19.3 Å². The van der Waals surface area contributed by atoms with Gasteiger partial charge in [0.1, 0.15) is 0 Å². The Hall–Kier alpha value is -5.08. The smallest absolute Gasteiger partial charge is 0.0541 e. The van der Waals surface area contributed by atoms with Crippen molar-refractivity contribution in [2.45, 2.75) is 19.3 Å². The molecule has 0 saturated carbocycles. The Bertz CT molecular complexity index is 1900. The van der Waals surface area contributed by atoms with Crippen molar-refractivity contribution in [1.29, 1.82) is 0 Å². The van der Waals surface area contributed by atoms with Crippen LogP contribution in [0.2, 0.25) is 0 Å². The first kappa shape index (κ1) is 23.8. The Morgan fingerprint density at radius 1 is 0.317 bits per heavy atom. The lowest BCUT2D eigenvalue weighted by atomic mass is 10.0. The third-order valence-electron chi connectivity index (χ3n) is 8.48. The molecule has 0 radical (unpaired) electrons. The topological polar surface area (TPSA) is 9.86 Å². The van der Waals surface area contributed by atoms with Crippen molar-refractivity contribution in [2.75, 3.05) is 0 Å². The van der Waals surface area contributed by atoms with Gasteiger partial charge >= 0.3 is 0 Å². The van der Waals surface area contributed by atoms with Gasteiger partial charge in [0.2, 0.25) is 0 Å². The predicted molar refractivity (Wildman–Crippen MR) is 174 cm³/mol. The summed E-state index contributed by atoms with van der Waals surface area (Å²) in [5, 5.41) is 5.21. The van der Waals surface area contributed by atoms with Crippen LogP contribution in [0.1, 0.15) is 17.5 Å². The molecular weight excluding hydrogens is 496 g/mol. The number of fused-ring (bicyclic) bond motifs is 6. The van der Waals surface area contributed by atoms with Gasteiger partial charge in [-0.2, -0.15) is 0 Å². The predicted octanol–water partition coefficient (Wildman–Crippen LogP) is 10.1. The van der Waals surface area contributed by atoms with Gasteiger partial charge in [-0.3, -0.25) is 0 Å². The van der Waals surface area contributed by atoms with Crippen LogP contribution in [0.5, 0.6) is 0 Å². The fourth-order valence-electron chi connectivity index (χ4n) is 6.52. The summed E-state index contributed by atoms with van der Waals surface area (Å²) >= 11 is 0. The second-order valence-corrected chi connectivity index (χ2v) is 10.9. The SMILES string of the molecule is c1ccc2c(c1)c1ccccc1n2-c1ccc(CCCc2ccc(-n3c4ccccc4c4ccccc43)cc2)cc1. The van der Waals surface area contributed by atoms with Gasteiger partial charge in [-0.1, -0.05) is 97.1 Å². The first-order chi connectivity index (χ1) is 20.3. The molecule has 0 atom stereocenters. The molecule has 196 valence electrons. The van der Waals surface area contributed by atoms with Crippen molar-refractivity contribution in [3.05, 3.63) is 157 Å². The molecule has 0 aliphatic carbocycles. The minimum Gasteiger partial charge on any atom is -0.309 e. The Morgan fingerprint density at radius 3 is 0.927 bits per heavy atom. The maximum Gasteiger partial charge on any atom is 0.0541 e. The van der Waals surface area contributed by atoms with Gasteiger partial charge in [-0.05, 0) is 78.9 Å². The fourth-order valence-corrected chi connectivity index (χ4v) is 6.52. The average molecular weight is 527 g/mol. The standard InChI is InChI=1S/C39H30N2/c1-5-16-36-32(12-1)33-13-2-6-17-37(33)40(36)30-24-20-28(21-25-30)10-9-11-29-22-26-31(27-23-29)41-38-18-7-3-14-34(38)35-15-4-8-19-39(35)41/h1-8,12-27H,9-11H2. The number of hydrogen-bond acceptors (Lipinski definition) is 0. The highest BCUT2D eigenvalue weighted by Crippen LogP contribution is 2.33. The lowest BCUT2D eigenvalue weighted by molar-refractivity contribution is 0.820. The maximum absolute atomic E-state index is 2.38. The van der Waals surface area contributed by atoms with E-state index in [-0.39, 0.29) is 0 Å². The minimum absolute atomic E-state index is 1.07. The zero-order chi connectivity index (χ0) is 27.2. The summed E-state index contributed by atoms with van der Waals surface area (Å²) < 4.78 is 4.76. The molecule has 0 unspecified atom stereocenters. The number of aromatic nitrogens is 2. The average Bonchev–Trinajstić information content (AvgIpc) is 3.55. The highest BCUT2D eigenvalue weighted by molar-refractivity contribution is 6.10. The molecule has 0 aliphatic rings. The van der Waals surface area contributed by atoms with Crippen molar-refractivity contribution in [3.63, 3.8) is 0 Å². The van der Waals surface area contributed by atoms with Crippen molar-refractivity contribution < 1.29 is 0 Å². The van der Waals surface area contributed by atoms with E-state index in [1.165, 1.54) is 66.1 Å². The second-order valence-electron chi connectivity index (χ2n) is 10.9. The molecule has 2 aromatic heterocycles. The molecule has 8 rings (SSSR count). The Kier molecular flexibility index (Phi) is 5.70. The molecule has 0 N–H and O–H groups in total. The van der Waals surface area contributed by atoms with Gasteiger partial charge in [0, 0.05) is 32.9 Å². The first-order valence-electron chi connectivity index (χ1n) is 14.5. The van der Waals surface area contributed by atoms with Crippen LogP contribution in [-0.2, 0) is 12.8 Å². The van der Waals surface area contributed by atoms with Gasteiger partial charge < -0.3 is 9.13 Å². The van der Waals surface area contributed by atoms with Crippen LogP contribution in [0.3, 0.4) is 0 Å². The Balaban J connectivity index is 0.996. The van der Waals surface area contributed by atoms with Crippen LogP contribution in [-0.4, -0.2) is 9.13 Å². The van der Waals surface area contributed by atoms with Gasteiger partial charge in [0.15, 0.2) is 0 Å². The number of nitrogens with zero attached hydrogens (tertiary/aromatic N) is 2. The molecule has 2 nitrogen and oxygen atoms in total. The van der Waals surface area contributed by atoms with Crippen molar-refractivity contribution in [2.24, 2.45) is 0 Å². The number of aryl methyl sites for hydroxylation is 2. The maximum atomic E-state index is 2.38. The van der Waals surface area contributed by atoms with Crippen LogP contribution < -0.4 is 0 Å². The van der Waals surface area contributed by atoms with E-state index in [2.05, 4.69) is 155 Å². The monoisotopic (exact) mass is 526 g/mol. The zero-order valence-electron chi connectivity index (χ0n) is 22.9. The Morgan fingerprint density at radius 2 is 0.610 bits per heavy atom.